The lowest BCUT2D eigenvalue weighted by Gasteiger charge is -2.20. The third-order valence-corrected chi connectivity index (χ3v) is 3.99. The molecule has 0 aliphatic carbocycles. The molecule has 0 fully saturated rings. The molecule has 4 heteroatoms. The number of para-hydroxylation sites is 1. The SMILES string of the molecule is COc1ccccc1CC(=O)NCC(CC(C)O)c1ccccc1. The van der Waals surface area contributed by atoms with Crippen LogP contribution in [0.1, 0.15) is 30.4 Å². The molecule has 0 aliphatic rings. The topological polar surface area (TPSA) is 58.6 Å². The largest absolute Gasteiger partial charge is 0.496 e. The number of methoxy groups -OCH3 is 1. The van der Waals surface area contributed by atoms with Crippen molar-refractivity contribution in [1.82, 2.24) is 5.32 Å². The molecule has 2 rings (SSSR count). The van der Waals surface area contributed by atoms with Crippen LogP contribution < -0.4 is 10.1 Å². The lowest BCUT2D eigenvalue weighted by atomic mass is 9.93. The Bertz CT molecular complexity index is 640. The summed E-state index contributed by atoms with van der Waals surface area (Å²) in [6.45, 7) is 2.27. The molecule has 2 aromatic rings. The van der Waals surface area contributed by atoms with Gasteiger partial charge in [-0.3, -0.25) is 4.79 Å². The predicted octanol–water partition coefficient (Wildman–Crippen LogP) is 2.91. The van der Waals surface area contributed by atoms with Gasteiger partial charge in [-0.2, -0.15) is 0 Å². The summed E-state index contributed by atoms with van der Waals surface area (Å²) in [5.41, 5.74) is 1.99. The van der Waals surface area contributed by atoms with E-state index in [2.05, 4.69) is 5.32 Å². The molecule has 2 atom stereocenters. The van der Waals surface area contributed by atoms with Crippen LogP contribution in [0.25, 0.3) is 0 Å². The first kappa shape index (κ1) is 18.0. The molecule has 0 bridgehead atoms. The molecule has 128 valence electrons. The fourth-order valence-corrected chi connectivity index (χ4v) is 2.80. The van der Waals surface area contributed by atoms with E-state index in [9.17, 15) is 9.90 Å². The van der Waals surface area contributed by atoms with E-state index in [4.69, 9.17) is 4.74 Å². The molecule has 4 nitrogen and oxygen atoms in total. The van der Waals surface area contributed by atoms with Crippen molar-refractivity contribution in [3.05, 3.63) is 65.7 Å². The fourth-order valence-electron chi connectivity index (χ4n) is 2.80. The number of carbonyl (C=O) groups is 1. The van der Waals surface area contributed by atoms with Crippen molar-refractivity contribution in [3.8, 4) is 5.75 Å². The Morgan fingerprint density at radius 3 is 2.46 bits per heavy atom. The van der Waals surface area contributed by atoms with Crippen molar-refractivity contribution in [3.63, 3.8) is 0 Å². The van der Waals surface area contributed by atoms with Gasteiger partial charge in [-0.05, 0) is 25.0 Å². The second-order valence-corrected chi connectivity index (χ2v) is 5.99. The van der Waals surface area contributed by atoms with Crippen LogP contribution in [0.15, 0.2) is 54.6 Å². The Balaban J connectivity index is 1.97. The summed E-state index contributed by atoms with van der Waals surface area (Å²) in [6, 6.07) is 17.5. The average molecular weight is 327 g/mol. The van der Waals surface area contributed by atoms with Gasteiger partial charge in [0.1, 0.15) is 5.75 Å². The minimum Gasteiger partial charge on any atom is -0.496 e. The van der Waals surface area contributed by atoms with E-state index < -0.39 is 6.10 Å². The Morgan fingerprint density at radius 1 is 1.12 bits per heavy atom. The van der Waals surface area contributed by atoms with Crippen LogP contribution in [-0.4, -0.2) is 30.8 Å². The van der Waals surface area contributed by atoms with E-state index in [1.54, 1.807) is 14.0 Å². The molecule has 2 aromatic carbocycles. The smallest absolute Gasteiger partial charge is 0.224 e. The van der Waals surface area contributed by atoms with Crippen LogP contribution in [0.2, 0.25) is 0 Å². The fraction of sp³-hybridized carbons (Fsp3) is 0.350. The number of rotatable bonds is 8. The maximum Gasteiger partial charge on any atom is 0.224 e. The minimum absolute atomic E-state index is 0.0500. The van der Waals surface area contributed by atoms with E-state index in [0.29, 0.717) is 13.0 Å². The second-order valence-electron chi connectivity index (χ2n) is 5.99. The molecule has 1 amide bonds. The van der Waals surface area contributed by atoms with E-state index in [-0.39, 0.29) is 18.2 Å². The highest BCUT2D eigenvalue weighted by Crippen LogP contribution is 2.21. The van der Waals surface area contributed by atoms with Crippen LogP contribution in [-0.2, 0) is 11.2 Å². The molecule has 0 spiro atoms. The van der Waals surface area contributed by atoms with Crippen LogP contribution >= 0.6 is 0 Å². The predicted molar refractivity (Wildman–Crippen MR) is 95.2 cm³/mol. The molecule has 0 aliphatic heterocycles. The first-order chi connectivity index (χ1) is 11.6. The molecular weight excluding hydrogens is 302 g/mol. The van der Waals surface area contributed by atoms with Gasteiger partial charge >= 0.3 is 0 Å². The van der Waals surface area contributed by atoms with Crippen molar-refractivity contribution < 1.29 is 14.6 Å². The molecule has 0 radical (unpaired) electrons. The number of aliphatic hydroxyl groups excluding tert-OH is 1. The van der Waals surface area contributed by atoms with Gasteiger partial charge in [-0.1, -0.05) is 48.5 Å². The molecule has 0 saturated carbocycles. The maximum atomic E-state index is 12.3. The third-order valence-electron chi connectivity index (χ3n) is 3.99. The molecule has 0 saturated heterocycles. The average Bonchev–Trinajstić information content (AvgIpc) is 2.59. The maximum absolute atomic E-state index is 12.3. The van der Waals surface area contributed by atoms with Crippen LogP contribution in [0.4, 0.5) is 0 Å². The van der Waals surface area contributed by atoms with Gasteiger partial charge in [-0.25, -0.2) is 0 Å². The van der Waals surface area contributed by atoms with Crippen molar-refractivity contribution in [1.29, 1.82) is 0 Å². The van der Waals surface area contributed by atoms with Gasteiger partial charge in [0, 0.05) is 18.0 Å². The van der Waals surface area contributed by atoms with Crippen molar-refractivity contribution in [2.24, 2.45) is 0 Å². The van der Waals surface area contributed by atoms with E-state index >= 15 is 0 Å². The minimum atomic E-state index is -0.415. The highest BCUT2D eigenvalue weighted by molar-refractivity contribution is 5.79. The van der Waals surface area contributed by atoms with Crippen molar-refractivity contribution >= 4 is 5.91 Å². The summed E-state index contributed by atoms with van der Waals surface area (Å²) in [5.74, 6) is 0.759. The van der Waals surface area contributed by atoms with E-state index in [1.807, 2.05) is 54.6 Å². The monoisotopic (exact) mass is 327 g/mol. The molecular formula is C20H25NO3. The molecule has 2 unspecified atom stereocenters. The number of hydrogen-bond acceptors (Lipinski definition) is 3. The first-order valence-electron chi connectivity index (χ1n) is 8.21. The summed E-state index contributed by atoms with van der Waals surface area (Å²) in [6.07, 6.45) is 0.473. The molecule has 0 heterocycles. The van der Waals surface area contributed by atoms with E-state index in [0.717, 1.165) is 16.9 Å². The van der Waals surface area contributed by atoms with Gasteiger partial charge < -0.3 is 15.2 Å². The van der Waals surface area contributed by atoms with Gasteiger partial charge in [-0.15, -0.1) is 0 Å². The summed E-state index contributed by atoms with van der Waals surface area (Å²) >= 11 is 0. The normalized spacial score (nSPS) is 13.1. The zero-order valence-electron chi connectivity index (χ0n) is 14.2. The van der Waals surface area contributed by atoms with Crippen molar-refractivity contribution in [2.45, 2.75) is 31.8 Å². The summed E-state index contributed by atoms with van der Waals surface area (Å²) in [4.78, 5) is 12.3. The number of carbonyl (C=O) groups excluding carboxylic acids is 1. The highest BCUT2D eigenvalue weighted by Gasteiger charge is 2.16. The lowest BCUT2D eigenvalue weighted by Crippen LogP contribution is -2.31. The molecule has 2 N–H and O–H groups in total. The van der Waals surface area contributed by atoms with E-state index in [1.165, 1.54) is 0 Å². The first-order valence-corrected chi connectivity index (χ1v) is 8.21. The van der Waals surface area contributed by atoms with Crippen LogP contribution in [0.5, 0.6) is 5.75 Å². The zero-order chi connectivity index (χ0) is 17.4. The van der Waals surface area contributed by atoms with Gasteiger partial charge in [0.25, 0.3) is 0 Å². The Kier molecular flexibility index (Phi) is 6.82. The standard InChI is InChI=1S/C20H25NO3/c1-15(22)12-18(16-8-4-3-5-9-16)14-21-20(23)13-17-10-6-7-11-19(17)24-2/h3-11,15,18,22H,12-14H2,1-2H3,(H,21,23). The summed E-state index contributed by atoms with van der Waals surface area (Å²) in [5, 5.41) is 12.7. The molecule has 24 heavy (non-hydrogen) atoms. The Hall–Kier alpha value is -2.33. The third kappa shape index (κ3) is 5.39. The summed E-state index contributed by atoms with van der Waals surface area (Å²) in [7, 11) is 1.60. The summed E-state index contributed by atoms with van der Waals surface area (Å²) < 4.78 is 5.28. The van der Waals surface area contributed by atoms with Crippen LogP contribution in [0, 0.1) is 0 Å². The number of benzene rings is 2. The number of ether oxygens (including phenoxy) is 1. The Labute approximate surface area is 143 Å². The number of nitrogens with one attached hydrogen (secondary N) is 1. The second kappa shape index (κ2) is 9.08. The number of hydrogen-bond donors (Lipinski definition) is 2. The quantitative estimate of drug-likeness (QED) is 0.784. The number of amides is 1. The van der Waals surface area contributed by atoms with Crippen molar-refractivity contribution in [2.75, 3.05) is 13.7 Å². The van der Waals surface area contributed by atoms with Gasteiger partial charge in [0.05, 0.1) is 19.6 Å². The van der Waals surface area contributed by atoms with Crippen LogP contribution in [0.3, 0.4) is 0 Å². The lowest BCUT2D eigenvalue weighted by molar-refractivity contribution is -0.120. The molecule has 0 aromatic heterocycles. The van der Waals surface area contributed by atoms with Gasteiger partial charge in [0.15, 0.2) is 0 Å². The number of aliphatic hydroxyl groups is 1. The van der Waals surface area contributed by atoms with Gasteiger partial charge in [0.2, 0.25) is 5.91 Å². The zero-order valence-corrected chi connectivity index (χ0v) is 14.2. The Morgan fingerprint density at radius 2 is 1.79 bits per heavy atom. The highest BCUT2D eigenvalue weighted by atomic mass is 16.5.